The number of hydrogen-bond acceptors (Lipinski definition) is 1. The maximum absolute atomic E-state index is 13.1. The van der Waals surface area contributed by atoms with E-state index in [4.69, 9.17) is 0 Å². The largest absolute Gasteiger partial charge is 2.00 e. The van der Waals surface area contributed by atoms with Crippen LogP contribution in [0.4, 0.5) is 0 Å². The van der Waals surface area contributed by atoms with E-state index in [2.05, 4.69) is 66.7 Å². The summed E-state index contributed by atoms with van der Waals surface area (Å²) >= 11 is 0. The molecule has 1 aliphatic rings. The topological polar surface area (TPSA) is 23.1 Å². The molecule has 0 bridgehead atoms. The van der Waals surface area contributed by atoms with Crippen LogP contribution in [0.1, 0.15) is 48.5 Å². The van der Waals surface area contributed by atoms with E-state index in [1.54, 1.807) is 0 Å². The Morgan fingerprint density at radius 1 is 0.900 bits per heavy atom. The molecule has 162 valence electrons. The molecule has 2 atom stereocenters. The van der Waals surface area contributed by atoms with Crippen LogP contribution in [-0.2, 0) is 17.1 Å². The number of hydrogen-bond donors (Lipinski definition) is 0. The van der Waals surface area contributed by atoms with Crippen molar-refractivity contribution in [1.29, 1.82) is 0 Å². The van der Waals surface area contributed by atoms with Gasteiger partial charge in [-0.15, -0.1) is 0 Å². The zero-order valence-electron chi connectivity index (χ0n) is 19.2. The minimum Gasteiger partial charge on any atom is -0.625 e. The SMILES string of the molecule is C[C@@H](C1=CC=C/C1=[P+](/[O-])c1ccccc1)P(C(C)(C)C)C(C)(C)C.[Fe+2].c1cc[cH-]c1. The molecule has 2 aromatic rings. The summed E-state index contributed by atoms with van der Waals surface area (Å²) in [6.45, 7) is 16.4. The summed E-state index contributed by atoms with van der Waals surface area (Å²) in [4.78, 5) is 13.1. The zero-order valence-corrected chi connectivity index (χ0v) is 22.1. The van der Waals surface area contributed by atoms with Crippen LogP contribution >= 0.6 is 15.7 Å². The quantitative estimate of drug-likeness (QED) is 0.275. The first-order valence-electron chi connectivity index (χ1n) is 10.3. The van der Waals surface area contributed by atoms with Crippen molar-refractivity contribution >= 4 is 26.3 Å². The van der Waals surface area contributed by atoms with Crippen LogP contribution in [0, 0.1) is 0 Å². The molecule has 3 rings (SSSR count). The van der Waals surface area contributed by atoms with Gasteiger partial charge >= 0.3 is 17.1 Å². The Morgan fingerprint density at radius 2 is 1.43 bits per heavy atom. The fourth-order valence-corrected chi connectivity index (χ4v) is 10.7. The van der Waals surface area contributed by atoms with Crippen molar-refractivity contribution in [2.75, 3.05) is 0 Å². The molecule has 1 nitrogen and oxygen atoms in total. The van der Waals surface area contributed by atoms with Crippen molar-refractivity contribution in [1.82, 2.24) is 0 Å². The van der Waals surface area contributed by atoms with Gasteiger partial charge in [0.25, 0.3) is 0 Å². The van der Waals surface area contributed by atoms with Crippen molar-refractivity contribution < 1.29 is 22.0 Å². The predicted molar refractivity (Wildman–Crippen MR) is 133 cm³/mol. The van der Waals surface area contributed by atoms with Gasteiger partial charge < -0.3 is 4.89 Å². The molecule has 1 aliphatic carbocycles. The van der Waals surface area contributed by atoms with Crippen molar-refractivity contribution in [3.05, 3.63) is 84.5 Å². The van der Waals surface area contributed by atoms with Gasteiger partial charge in [0.2, 0.25) is 0 Å². The van der Waals surface area contributed by atoms with Gasteiger partial charge in [-0.2, -0.15) is 18.2 Å². The van der Waals surface area contributed by atoms with Crippen LogP contribution in [0.15, 0.2) is 84.5 Å². The average Bonchev–Trinajstić information content (AvgIpc) is 3.33. The Balaban J connectivity index is 0.000000655. The van der Waals surface area contributed by atoms with E-state index in [1.807, 2.05) is 60.7 Å². The molecule has 30 heavy (non-hydrogen) atoms. The molecule has 4 heteroatoms. The second-order valence-corrected chi connectivity index (χ2v) is 15.1. The standard InChI is InChI=1S/C21H30OP2.C5H5.Fe/c1-16(24(20(2,3)4)21(5,6)7)18-14-11-15-19(18)23(22)17-12-9-8-10-13-17;1-2-4-5-3-1;/h8-16H,1-7H3;1-5H;/q;-1;+2/t16-;;/m0../s1. The number of rotatable bonds is 3. The Kier molecular flexibility index (Phi) is 10.6. The zero-order chi connectivity index (χ0) is 21.7. The molecule has 0 N–H and O–H groups in total. The Labute approximate surface area is 196 Å². The van der Waals surface area contributed by atoms with Crippen LogP contribution in [0.5, 0.6) is 0 Å². The molecule has 0 aliphatic heterocycles. The van der Waals surface area contributed by atoms with Crippen LogP contribution in [0.25, 0.3) is 0 Å². The summed E-state index contributed by atoms with van der Waals surface area (Å²) in [6, 6.07) is 19.8. The minimum absolute atomic E-state index is 0. The molecule has 1 unspecified atom stereocenters. The number of benzene rings is 1. The van der Waals surface area contributed by atoms with Crippen LogP contribution < -0.4 is 10.2 Å². The molecule has 0 aromatic heterocycles. The summed E-state index contributed by atoms with van der Waals surface area (Å²) in [5, 5.41) is 2.44. The van der Waals surface area contributed by atoms with Gasteiger partial charge in [-0.05, 0) is 28.5 Å². The van der Waals surface area contributed by atoms with Crippen molar-refractivity contribution in [3.63, 3.8) is 0 Å². The van der Waals surface area contributed by atoms with Crippen LogP contribution in [0.2, 0.25) is 0 Å². The summed E-state index contributed by atoms with van der Waals surface area (Å²) in [5.74, 6) is 0. The van der Waals surface area contributed by atoms with Gasteiger partial charge in [-0.25, -0.2) is 12.1 Å². The third-order valence-electron chi connectivity index (χ3n) is 4.87. The summed E-state index contributed by atoms with van der Waals surface area (Å²) in [7, 11) is -1.82. The van der Waals surface area contributed by atoms with E-state index in [0.29, 0.717) is 5.66 Å². The van der Waals surface area contributed by atoms with Crippen molar-refractivity contribution in [2.24, 2.45) is 0 Å². The molecule has 2 aromatic carbocycles. The van der Waals surface area contributed by atoms with Crippen molar-refractivity contribution in [3.8, 4) is 0 Å². The molecule has 0 saturated carbocycles. The van der Waals surface area contributed by atoms with Gasteiger partial charge in [0.15, 0.2) is 0 Å². The smallest absolute Gasteiger partial charge is 0.625 e. The monoisotopic (exact) mass is 481 g/mol. The molecule has 0 saturated heterocycles. The second kappa shape index (κ2) is 11.7. The molecule has 0 spiro atoms. The fraction of sp³-hybridized carbons (Fsp3) is 0.385. The Hall–Kier alpha value is -0.871. The molecule has 0 radical (unpaired) electrons. The summed E-state index contributed by atoms with van der Waals surface area (Å²) in [6.07, 6.45) is 6.30. The maximum atomic E-state index is 13.1. The van der Waals surface area contributed by atoms with E-state index in [1.165, 1.54) is 5.57 Å². The first kappa shape index (κ1) is 27.2. The van der Waals surface area contributed by atoms with Crippen LogP contribution in [-0.4, -0.2) is 21.3 Å². The fourth-order valence-electron chi connectivity index (χ4n) is 4.29. The van der Waals surface area contributed by atoms with Crippen LogP contribution in [0.3, 0.4) is 0 Å². The predicted octanol–water partition coefficient (Wildman–Crippen LogP) is 6.61. The molecular weight excluding hydrogens is 446 g/mol. The average molecular weight is 481 g/mol. The van der Waals surface area contributed by atoms with E-state index in [9.17, 15) is 4.89 Å². The molecule has 0 amide bonds. The van der Waals surface area contributed by atoms with E-state index < -0.39 is 7.77 Å². The van der Waals surface area contributed by atoms with Crippen molar-refractivity contribution in [2.45, 2.75) is 64.4 Å². The van der Waals surface area contributed by atoms with E-state index >= 15 is 0 Å². The number of allylic oxidation sites excluding steroid dienone is 4. The van der Waals surface area contributed by atoms with Gasteiger partial charge in [0.1, 0.15) is 10.6 Å². The van der Waals surface area contributed by atoms with Gasteiger partial charge in [-0.1, -0.05) is 86.7 Å². The summed E-state index contributed by atoms with van der Waals surface area (Å²) in [5.41, 5.74) is 1.70. The normalized spacial score (nSPS) is 16.4. The third-order valence-corrected chi connectivity index (χ3v) is 10.4. The van der Waals surface area contributed by atoms with Gasteiger partial charge in [0, 0.05) is 11.2 Å². The maximum Gasteiger partial charge on any atom is 2.00 e. The first-order valence-corrected chi connectivity index (χ1v) is 12.9. The van der Waals surface area contributed by atoms with E-state index in [-0.39, 0.29) is 35.3 Å². The van der Waals surface area contributed by atoms with E-state index in [0.717, 1.165) is 10.6 Å². The minimum atomic E-state index is -1.52. The Morgan fingerprint density at radius 3 is 1.87 bits per heavy atom. The van der Waals surface area contributed by atoms with Gasteiger partial charge in [0.05, 0.1) is 7.77 Å². The third kappa shape index (κ3) is 7.37. The Bertz CT molecular complexity index is 819. The molecular formula is C26H35FeOP2+. The molecule has 0 fully saturated rings. The van der Waals surface area contributed by atoms with Gasteiger partial charge in [-0.3, -0.25) is 0 Å². The molecule has 0 heterocycles. The second-order valence-electron chi connectivity index (χ2n) is 9.35. The first-order chi connectivity index (χ1) is 13.5. The summed E-state index contributed by atoms with van der Waals surface area (Å²) < 4.78 is 0.